The van der Waals surface area contributed by atoms with E-state index < -0.39 is 17.5 Å². The van der Waals surface area contributed by atoms with Crippen molar-refractivity contribution in [3.8, 4) is 5.75 Å². The highest BCUT2D eigenvalue weighted by Crippen LogP contribution is 2.24. The monoisotopic (exact) mass is 319 g/mol. The molecule has 2 rings (SSSR count). The first-order valence-electron chi connectivity index (χ1n) is 7.32. The van der Waals surface area contributed by atoms with Crippen molar-refractivity contribution in [1.82, 2.24) is 5.32 Å². The lowest BCUT2D eigenvalue weighted by molar-refractivity contribution is 0.0921. The van der Waals surface area contributed by atoms with Gasteiger partial charge in [-0.3, -0.25) is 4.79 Å². The van der Waals surface area contributed by atoms with Gasteiger partial charge >= 0.3 is 0 Å². The SMILES string of the molecule is COc1ccc([C@@H](NC(=O)c2ccc(F)cc2F)C(C)C)cc1. The lowest BCUT2D eigenvalue weighted by Gasteiger charge is -2.23. The van der Waals surface area contributed by atoms with Gasteiger partial charge in [-0.2, -0.15) is 0 Å². The second kappa shape index (κ2) is 7.22. The summed E-state index contributed by atoms with van der Waals surface area (Å²) in [6.07, 6.45) is 0. The first-order chi connectivity index (χ1) is 10.9. The maximum atomic E-state index is 13.7. The van der Waals surface area contributed by atoms with E-state index in [1.165, 1.54) is 0 Å². The summed E-state index contributed by atoms with van der Waals surface area (Å²) < 4.78 is 31.8. The molecule has 5 heteroatoms. The van der Waals surface area contributed by atoms with Gasteiger partial charge in [0.25, 0.3) is 5.91 Å². The average Bonchev–Trinajstić information content (AvgIpc) is 2.52. The van der Waals surface area contributed by atoms with Crippen molar-refractivity contribution in [2.45, 2.75) is 19.9 Å². The van der Waals surface area contributed by atoms with Gasteiger partial charge in [-0.15, -0.1) is 0 Å². The summed E-state index contributed by atoms with van der Waals surface area (Å²) >= 11 is 0. The predicted octanol–water partition coefficient (Wildman–Crippen LogP) is 4.10. The number of hydrogen-bond donors (Lipinski definition) is 1. The molecule has 3 nitrogen and oxygen atoms in total. The molecule has 0 aliphatic heterocycles. The van der Waals surface area contributed by atoms with Crippen LogP contribution in [0.5, 0.6) is 5.75 Å². The Morgan fingerprint density at radius 3 is 2.26 bits per heavy atom. The Labute approximate surface area is 134 Å². The number of methoxy groups -OCH3 is 1. The summed E-state index contributed by atoms with van der Waals surface area (Å²) in [7, 11) is 1.58. The third-order valence-corrected chi connectivity index (χ3v) is 3.60. The van der Waals surface area contributed by atoms with Gasteiger partial charge in [-0.1, -0.05) is 26.0 Å². The summed E-state index contributed by atoms with van der Waals surface area (Å²) in [4.78, 5) is 12.3. The van der Waals surface area contributed by atoms with E-state index in [2.05, 4.69) is 5.32 Å². The van der Waals surface area contributed by atoms with Gasteiger partial charge in [-0.05, 0) is 35.7 Å². The van der Waals surface area contributed by atoms with Gasteiger partial charge in [0.05, 0.1) is 18.7 Å². The van der Waals surface area contributed by atoms with E-state index in [0.29, 0.717) is 11.8 Å². The zero-order valence-electron chi connectivity index (χ0n) is 13.3. The standard InChI is InChI=1S/C18H19F2NO2/c1-11(2)17(12-4-7-14(23-3)8-5-12)21-18(22)15-9-6-13(19)10-16(15)20/h4-11,17H,1-3H3,(H,21,22)/t17-/m0/s1. The van der Waals surface area contributed by atoms with Crippen LogP contribution in [0.1, 0.15) is 35.8 Å². The van der Waals surface area contributed by atoms with Crippen LogP contribution < -0.4 is 10.1 Å². The van der Waals surface area contributed by atoms with Crippen LogP contribution in [-0.4, -0.2) is 13.0 Å². The number of benzene rings is 2. The van der Waals surface area contributed by atoms with Crippen molar-refractivity contribution >= 4 is 5.91 Å². The van der Waals surface area contributed by atoms with Crippen LogP contribution in [0.25, 0.3) is 0 Å². The van der Waals surface area contributed by atoms with E-state index >= 15 is 0 Å². The zero-order chi connectivity index (χ0) is 17.0. The Kier molecular flexibility index (Phi) is 5.32. The third kappa shape index (κ3) is 4.06. The molecule has 0 aromatic heterocycles. The topological polar surface area (TPSA) is 38.3 Å². The fourth-order valence-electron chi connectivity index (χ4n) is 2.34. The van der Waals surface area contributed by atoms with Crippen molar-refractivity contribution in [1.29, 1.82) is 0 Å². The van der Waals surface area contributed by atoms with E-state index in [-0.39, 0.29) is 17.5 Å². The van der Waals surface area contributed by atoms with Crippen molar-refractivity contribution in [2.24, 2.45) is 5.92 Å². The van der Waals surface area contributed by atoms with Gasteiger partial charge in [0.1, 0.15) is 17.4 Å². The second-order valence-electron chi connectivity index (χ2n) is 5.59. The largest absolute Gasteiger partial charge is 0.497 e. The fourth-order valence-corrected chi connectivity index (χ4v) is 2.34. The van der Waals surface area contributed by atoms with Gasteiger partial charge in [-0.25, -0.2) is 8.78 Å². The summed E-state index contributed by atoms with van der Waals surface area (Å²) in [6, 6.07) is 9.92. The Bertz CT molecular complexity index is 684. The maximum Gasteiger partial charge on any atom is 0.254 e. The molecule has 0 aliphatic rings. The minimum Gasteiger partial charge on any atom is -0.497 e. The number of rotatable bonds is 5. The van der Waals surface area contributed by atoms with Crippen molar-refractivity contribution in [2.75, 3.05) is 7.11 Å². The molecule has 1 N–H and O–H groups in total. The quantitative estimate of drug-likeness (QED) is 0.901. The highest BCUT2D eigenvalue weighted by Gasteiger charge is 2.21. The second-order valence-corrected chi connectivity index (χ2v) is 5.59. The smallest absolute Gasteiger partial charge is 0.254 e. The molecule has 122 valence electrons. The molecule has 0 saturated carbocycles. The van der Waals surface area contributed by atoms with Gasteiger partial charge in [0, 0.05) is 6.07 Å². The number of carbonyl (C=O) groups is 1. The summed E-state index contributed by atoms with van der Waals surface area (Å²) in [6.45, 7) is 3.91. The van der Waals surface area contributed by atoms with E-state index in [9.17, 15) is 13.6 Å². The summed E-state index contributed by atoms with van der Waals surface area (Å²) in [5.41, 5.74) is 0.710. The summed E-state index contributed by atoms with van der Waals surface area (Å²) in [5.74, 6) is -1.35. The number of nitrogens with one attached hydrogen (secondary N) is 1. The molecule has 2 aromatic rings. The first-order valence-corrected chi connectivity index (χ1v) is 7.32. The molecule has 1 amide bonds. The highest BCUT2D eigenvalue weighted by atomic mass is 19.1. The molecule has 2 aromatic carbocycles. The van der Waals surface area contributed by atoms with Crippen LogP contribution in [0.3, 0.4) is 0 Å². The predicted molar refractivity (Wildman–Crippen MR) is 84.4 cm³/mol. The van der Waals surface area contributed by atoms with Gasteiger partial charge in [0.15, 0.2) is 0 Å². The van der Waals surface area contributed by atoms with Crippen molar-refractivity contribution < 1.29 is 18.3 Å². The molecular weight excluding hydrogens is 300 g/mol. The van der Waals surface area contributed by atoms with Crippen LogP contribution in [-0.2, 0) is 0 Å². The lowest BCUT2D eigenvalue weighted by Crippen LogP contribution is -2.32. The van der Waals surface area contributed by atoms with Crippen LogP contribution >= 0.6 is 0 Å². The Morgan fingerprint density at radius 1 is 1.09 bits per heavy atom. The number of halogens is 2. The molecule has 0 radical (unpaired) electrons. The molecule has 23 heavy (non-hydrogen) atoms. The van der Waals surface area contributed by atoms with Gasteiger partial charge < -0.3 is 10.1 Å². The normalized spacial score (nSPS) is 12.1. The molecule has 0 saturated heterocycles. The van der Waals surface area contributed by atoms with Crippen molar-refractivity contribution in [3.63, 3.8) is 0 Å². The number of amides is 1. The number of ether oxygens (including phenoxy) is 1. The van der Waals surface area contributed by atoms with Gasteiger partial charge in [0.2, 0.25) is 0 Å². The lowest BCUT2D eigenvalue weighted by atomic mass is 9.95. The molecule has 0 aliphatic carbocycles. The Morgan fingerprint density at radius 2 is 1.74 bits per heavy atom. The van der Waals surface area contributed by atoms with Crippen LogP contribution in [0.4, 0.5) is 8.78 Å². The minimum atomic E-state index is -0.875. The van der Waals surface area contributed by atoms with E-state index in [1.54, 1.807) is 19.2 Å². The molecule has 0 spiro atoms. The zero-order valence-corrected chi connectivity index (χ0v) is 13.3. The number of hydrogen-bond acceptors (Lipinski definition) is 2. The first kappa shape index (κ1) is 16.9. The maximum absolute atomic E-state index is 13.7. The average molecular weight is 319 g/mol. The molecule has 1 atom stereocenters. The molecule has 0 bridgehead atoms. The van der Waals surface area contributed by atoms with Crippen LogP contribution in [0.15, 0.2) is 42.5 Å². The number of carbonyl (C=O) groups excluding carboxylic acids is 1. The van der Waals surface area contributed by atoms with Crippen LogP contribution in [0, 0.1) is 17.6 Å². The third-order valence-electron chi connectivity index (χ3n) is 3.60. The highest BCUT2D eigenvalue weighted by molar-refractivity contribution is 5.94. The minimum absolute atomic E-state index is 0.0934. The molecular formula is C18H19F2NO2. The Hall–Kier alpha value is -2.43. The molecule has 0 unspecified atom stereocenters. The molecule has 0 fully saturated rings. The fraction of sp³-hybridized carbons (Fsp3) is 0.278. The molecule has 0 heterocycles. The van der Waals surface area contributed by atoms with E-state index in [0.717, 1.165) is 17.7 Å². The van der Waals surface area contributed by atoms with E-state index in [4.69, 9.17) is 4.74 Å². The van der Waals surface area contributed by atoms with E-state index in [1.807, 2.05) is 26.0 Å². The Balaban J connectivity index is 2.23. The van der Waals surface area contributed by atoms with Crippen LogP contribution in [0.2, 0.25) is 0 Å². The van der Waals surface area contributed by atoms with Crippen molar-refractivity contribution in [3.05, 3.63) is 65.2 Å². The summed E-state index contributed by atoms with van der Waals surface area (Å²) in [5, 5.41) is 2.80.